The van der Waals surface area contributed by atoms with Crippen molar-refractivity contribution in [2.75, 3.05) is 0 Å². The molecule has 0 aliphatic rings. The summed E-state index contributed by atoms with van der Waals surface area (Å²) < 4.78 is 0.832. The van der Waals surface area contributed by atoms with Crippen molar-refractivity contribution in [3.8, 4) is 6.07 Å². The van der Waals surface area contributed by atoms with Crippen LogP contribution in [-0.4, -0.2) is 4.98 Å². The smallest absolute Gasteiger partial charge is 0.207 e. The summed E-state index contributed by atoms with van der Waals surface area (Å²) in [6, 6.07) is 5.57. The summed E-state index contributed by atoms with van der Waals surface area (Å²) in [5, 5.41) is 9.28. The zero-order chi connectivity index (χ0) is 11.0. The Bertz CT molecular complexity index is 637. The second-order valence-electron chi connectivity index (χ2n) is 3.31. The first-order valence-electron chi connectivity index (χ1n) is 4.35. The number of pyridine rings is 1. The van der Waals surface area contributed by atoms with Gasteiger partial charge in [0.05, 0.1) is 5.52 Å². The van der Waals surface area contributed by atoms with E-state index in [-0.39, 0.29) is 11.0 Å². The molecule has 0 saturated carbocycles. The van der Waals surface area contributed by atoms with E-state index in [4.69, 9.17) is 5.26 Å². The third-order valence-corrected chi connectivity index (χ3v) is 2.83. The monoisotopic (exact) mass is 262 g/mol. The van der Waals surface area contributed by atoms with Crippen LogP contribution >= 0.6 is 15.9 Å². The molecular formula is C11H7BrN2O. The van der Waals surface area contributed by atoms with Gasteiger partial charge in [0.1, 0.15) is 11.6 Å². The van der Waals surface area contributed by atoms with E-state index < -0.39 is 0 Å². The maximum absolute atomic E-state index is 11.8. The first kappa shape index (κ1) is 9.94. The SMILES string of the molecule is Cc1cc(Br)c2[nH]cc(C#N)c(=O)c2c1. The summed E-state index contributed by atoms with van der Waals surface area (Å²) >= 11 is 3.38. The molecule has 2 rings (SSSR count). The molecule has 2 aromatic rings. The van der Waals surface area contributed by atoms with Crippen molar-refractivity contribution < 1.29 is 0 Å². The van der Waals surface area contributed by atoms with Gasteiger partial charge in [-0.3, -0.25) is 4.79 Å². The third kappa shape index (κ3) is 1.55. The number of nitriles is 1. The Morgan fingerprint density at radius 2 is 2.20 bits per heavy atom. The molecule has 1 aromatic heterocycles. The number of rotatable bonds is 0. The number of hydrogen-bond donors (Lipinski definition) is 1. The van der Waals surface area contributed by atoms with Crippen molar-refractivity contribution in [1.29, 1.82) is 5.26 Å². The van der Waals surface area contributed by atoms with Gasteiger partial charge in [0.25, 0.3) is 0 Å². The minimum absolute atomic E-state index is 0.139. The number of H-pyrrole nitrogens is 1. The Morgan fingerprint density at radius 1 is 1.47 bits per heavy atom. The summed E-state index contributed by atoms with van der Waals surface area (Å²) in [4.78, 5) is 14.7. The van der Waals surface area contributed by atoms with Crippen molar-refractivity contribution in [2.24, 2.45) is 0 Å². The third-order valence-electron chi connectivity index (χ3n) is 2.21. The molecular weight excluding hydrogens is 256 g/mol. The number of nitrogens with zero attached hydrogens (tertiary/aromatic N) is 1. The van der Waals surface area contributed by atoms with Crippen LogP contribution in [0.5, 0.6) is 0 Å². The molecule has 0 amide bonds. The number of nitrogens with one attached hydrogen (secondary N) is 1. The lowest BCUT2D eigenvalue weighted by Crippen LogP contribution is -2.07. The molecule has 74 valence electrons. The predicted octanol–water partition coefficient (Wildman–Crippen LogP) is 2.47. The molecule has 1 heterocycles. The molecule has 0 unspecified atom stereocenters. The second-order valence-corrected chi connectivity index (χ2v) is 4.17. The maximum atomic E-state index is 11.8. The van der Waals surface area contributed by atoms with Crippen LogP contribution in [0.1, 0.15) is 11.1 Å². The van der Waals surface area contributed by atoms with Gasteiger partial charge in [-0.05, 0) is 40.5 Å². The van der Waals surface area contributed by atoms with E-state index >= 15 is 0 Å². The summed E-state index contributed by atoms with van der Waals surface area (Å²) in [7, 11) is 0. The number of fused-ring (bicyclic) bond motifs is 1. The number of aromatic nitrogens is 1. The minimum atomic E-state index is -0.226. The van der Waals surface area contributed by atoms with E-state index in [0.717, 1.165) is 15.6 Å². The van der Waals surface area contributed by atoms with Gasteiger partial charge in [-0.15, -0.1) is 0 Å². The van der Waals surface area contributed by atoms with Crippen molar-refractivity contribution in [3.63, 3.8) is 0 Å². The Kier molecular flexibility index (Phi) is 2.33. The minimum Gasteiger partial charge on any atom is -0.359 e. The molecule has 0 aliphatic carbocycles. The molecule has 0 aliphatic heterocycles. The summed E-state index contributed by atoms with van der Waals surface area (Å²) in [5.74, 6) is 0. The highest BCUT2D eigenvalue weighted by Gasteiger charge is 2.07. The van der Waals surface area contributed by atoms with Crippen LogP contribution in [0.15, 0.2) is 27.6 Å². The predicted molar refractivity (Wildman–Crippen MR) is 61.7 cm³/mol. The molecule has 0 spiro atoms. The fraction of sp³-hybridized carbons (Fsp3) is 0.0909. The summed E-state index contributed by atoms with van der Waals surface area (Å²) in [6.45, 7) is 1.91. The number of aromatic amines is 1. The zero-order valence-electron chi connectivity index (χ0n) is 7.97. The molecule has 0 radical (unpaired) electrons. The number of halogens is 1. The van der Waals surface area contributed by atoms with Gasteiger partial charge in [0.2, 0.25) is 5.43 Å². The maximum Gasteiger partial charge on any atom is 0.207 e. The van der Waals surface area contributed by atoms with E-state index in [0.29, 0.717) is 5.39 Å². The van der Waals surface area contributed by atoms with Crippen LogP contribution in [0.2, 0.25) is 0 Å². The number of benzene rings is 1. The van der Waals surface area contributed by atoms with Crippen LogP contribution in [-0.2, 0) is 0 Å². The molecule has 0 atom stereocenters. The van der Waals surface area contributed by atoms with E-state index in [1.807, 2.05) is 19.1 Å². The molecule has 4 heteroatoms. The van der Waals surface area contributed by atoms with Gasteiger partial charge >= 0.3 is 0 Å². The van der Waals surface area contributed by atoms with E-state index in [2.05, 4.69) is 20.9 Å². The van der Waals surface area contributed by atoms with Crippen LogP contribution in [0.4, 0.5) is 0 Å². The second kappa shape index (κ2) is 3.52. The fourth-order valence-corrected chi connectivity index (χ4v) is 2.20. The Morgan fingerprint density at radius 3 is 2.87 bits per heavy atom. The van der Waals surface area contributed by atoms with Gasteiger partial charge in [0, 0.05) is 16.1 Å². The van der Waals surface area contributed by atoms with Crippen molar-refractivity contribution in [3.05, 3.63) is 44.2 Å². The van der Waals surface area contributed by atoms with Gasteiger partial charge in [0.15, 0.2) is 0 Å². The highest BCUT2D eigenvalue weighted by atomic mass is 79.9. The highest BCUT2D eigenvalue weighted by molar-refractivity contribution is 9.10. The first-order chi connectivity index (χ1) is 7.13. The van der Waals surface area contributed by atoms with Gasteiger partial charge in [-0.25, -0.2) is 0 Å². The lowest BCUT2D eigenvalue weighted by molar-refractivity contribution is 1.33. The number of hydrogen-bond acceptors (Lipinski definition) is 2. The molecule has 3 nitrogen and oxygen atoms in total. The topological polar surface area (TPSA) is 56.6 Å². The molecule has 0 saturated heterocycles. The molecule has 0 fully saturated rings. The van der Waals surface area contributed by atoms with E-state index in [1.54, 1.807) is 6.07 Å². The van der Waals surface area contributed by atoms with Crippen LogP contribution in [0, 0.1) is 18.3 Å². The number of aryl methyl sites for hydroxylation is 1. The van der Waals surface area contributed by atoms with Crippen LogP contribution in [0.25, 0.3) is 10.9 Å². The summed E-state index contributed by atoms with van der Waals surface area (Å²) in [5.41, 5.74) is 1.62. The average Bonchev–Trinajstić information content (AvgIpc) is 2.19. The summed E-state index contributed by atoms with van der Waals surface area (Å²) in [6.07, 6.45) is 1.44. The first-order valence-corrected chi connectivity index (χ1v) is 5.14. The quantitative estimate of drug-likeness (QED) is 0.793. The molecule has 1 N–H and O–H groups in total. The Hall–Kier alpha value is -1.60. The normalized spacial score (nSPS) is 10.2. The van der Waals surface area contributed by atoms with E-state index in [1.165, 1.54) is 6.20 Å². The van der Waals surface area contributed by atoms with Crippen LogP contribution in [0.3, 0.4) is 0 Å². The fourth-order valence-electron chi connectivity index (χ4n) is 1.51. The van der Waals surface area contributed by atoms with Crippen molar-refractivity contribution in [1.82, 2.24) is 4.98 Å². The van der Waals surface area contributed by atoms with Crippen molar-refractivity contribution in [2.45, 2.75) is 6.92 Å². The van der Waals surface area contributed by atoms with Gasteiger partial charge in [-0.1, -0.05) is 0 Å². The molecule has 15 heavy (non-hydrogen) atoms. The average molecular weight is 263 g/mol. The van der Waals surface area contributed by atoms with Crippen LogP contribution < -0.4 is 5.43 Å². The molecule has 0 bridgehead atoms. The lowest BCUT2D eigenvalue weighted by atomic mass is 10.1. The van der Waals surface area contributed by atoms with Gasteiger partial charge < -0.3 is 4.98 Å². The van der Waals surface area contributed by atoms with Gasteiger partial charge in [-0.2, -0.15) is 5.26 Å². The zero-order valence-corrected chi connectivity index (χ0v) is 9.55. The Balaban J connectivity index is 3.01. The highest BCUT2D eigenvalue weighted by Crippen LogP contribution is 2.21. The lowest BCUT2D eigenvalue weighted by Gasteiger charge is -2.02. The Labute approximate surface area is 94.5 Å². The molecule has 1 aromatic carbocycles. The van der Waals surface area contributed by atoms with E-state index in [9.17, 15) is 4.79 Å². The largest absolute Gasteiger partial charge is 0.359 e. The standard InChI is InChI=1S/C11H7BrN2O/c1-6-2-8-10(9(12)3-6)14-5-7(4-13)11(8)15/h2-3,5H,1H3,(H,14,15). The van der Waals surface area contributed by atoms with Crippen molar-refractivity contribution >= 4 is 26.8 Å².